The van der Waals surface area contributed by atoms with Gasteiger partial charge in [-0.1, -0.05) is 70.2 Å². The number of aromatic nitrogens is 3. The van der Waals surface area contributed by atoms with Crippen LogP contribution in [0.4, 0.5) is 0 Å². The van der Waals surface area contributed by atoms with E-state index in [1.807, 2.05) is 85.9 Å². The number of rotatable bonds is 0. The molecule has 0 saturated carbocycles. The Kier molecular flexibility index (Phi) is 35.9. The quantitative estimate of drug-likeness (QED) is 0.540. The fourth-order valence-corrected chi connectivity index (χ4v) is 1.11. The maximum Gasteiger partial charge on any atom is 0.154 e. The molecule has 3 nitrogen and oxygen atoms in total. The highest BCUT2D eigenvalue weighted by atomic mass is 15.3. The molecule has 128 valence electrons. The minimum atomic E-state index is 0. The summed E-state index contributed by atoms with van der Waals surface area (Å²) in [6.07, 6.45) is 1.76. The highest BCUT2D eigenvalue weighted by molar-refractivity contribution is 5.40. The van der Waals surface area contributed by atoms with E-state index in [0.29, 0.717) is 0 Å². The molecular formula is C18H41N3. The van der Waals surface area contributed by atoms with Gasteiger partial charge < -0.3 is 0 Å². The summed E-state index contributed by atoms with van der Waals surface area (Å²) in [5.74, 6) is 0. The fourth-order valence-electron chi connectivity index (χ4n) is 1.11. The molecule has 0 aromatic carbocycles. The van der Waals surface area contributed by atoms with Crippen LogP contribution in [0.25, 0.3) is 5.65 Å². The average molecular weight is 300 g/mol. The normalized spacial score (nSPS) is 6.76. The van der Waals surface area contributed by atoms with Crippen LogP contribution in [0.5, 0.6) is 0 Å². The molecule has 0 aliphatic carbocycles. The molecule has 0 spiro atoms. The van der Waals surface area contributed by atoms with Gasteiger partial charge in [0, 0.05) is 6.20 Å². The highest BCUT2D eigenvalue weighted by Gasteiger charge is 2.01. The molecule has 0 amide bonds. The van der Waals surface area contributed by atoms with Gasteiger partial charge in [0.05, 0.1) is 11.4 Å². The molecule has 0 unspecified atom stereocenters. The van der Waals surface area contributed by atoms with E-state index < -0.39 is 0 Å². The molecule has 2 aromatic heterocycles. The zero-order valence-electron chi connectivity index (χ0n) is 14.6. The molecule has 2 aromatic rings. The average Bonchev–Trinajstić information content (AvgIpc) is 2.83. The van der Waals surface area contributed by atoms with Crippen LogP contribution >= 0.6 is 0 Å². The summed E-state index contributed by atoms with van der Waals surface area (Å²) in [7, 11) is 0. The molecule has 0 N–H and O–H groups in total. The Morgan fingerprint density at radius 1 is 0.810 bits per heavy atom. The van der Waals surface area contributed by atoms with Crippen LogP contribution in [0.1, 0.15) is 81.6 Å². The van der Waals surface area contributed by atoms with Gasteiger partial charge >= 0.3 is 0 Å². The lowest BCUT2D eigenvalue weighted by Gasteiger charge is -1.91. The zero-order chi connectivity index (χ0) is 15.8. The standard InChI is InChI=1S/C8H9N3.4C2H6.2CH4/c1-6-7(2)11-8(10-6)4-3-5-9-11;4*1-2;;/h3-5H,1-2H3;4*1-2H3;2*1H4. The van der Waals surface area contributed by atoms with Crippen molar-refractivity contribution < 1.29 is 0 Å². The minimum absolute atomic E-state index is 0. The largest absolute Gasteiger partial charge is 0.232 e. The summed E-state index contributed by atoms with van der Waals surface area (Å²) in [6, 6.07) is 3.84. The topological polar surface area (TPSA) is 30.2 Å². The van der Waals surface area contributed by atoms with E-state index in [2.05, 4.69) is 10.1 Å². The summed E-state index contributed by atoms with van der Waals surface area (Å²) < 4.78 is 1.84. The smallest absolute Gasteiger partial charge is 0.154 e. The number of imidazole rings is 1. The first-order valence-electron chi connectivity index (χ1n) is 7.56. The molecule has 0 radical (unpaired) electrons. The second-order valence-electron chi connectivity index (χ2n) is 2.58. The van der Waals surface area contributed by atoms with Gasteiger partial charge in [-0.25, -0.2) is 9.50 Å². The lowest BCUT2D eigenvalue weighted by atomic mass is 10.4. The van der Waals surface area contributed by atoms with E-state index in [-0.39, 0.29) is 14.9 Å². The SMILES string of the molecule is C.C.CC.CC.CC.CC.Cc1nc2cccnn2c1C. The van der Waals surface area contributed by atoms with Gasteiger partial charge in [-0.15, -0.1) is 0 Å². The van der Waals surface area contributed by atoms with Gasteiger partial charge in [-0.3, -0.25) is 0 Å². The van der Waals surface area contributed by atoms with Crippen LogP contribution in [0.3, 0.4) is 0 Å². The molecule has 0 aliphatic heterocycles. The number of hydrogen-bond donors (Lipinski definition) is 0. The van der Waals surface area contributed by atoms with Crippen molar-refractivity contribution >= 4 is 5.65 Å². The molecule has 2 heterocycles. The van der Waals surface area contributed by atoms with E-state index in [1.165, 1.54) is 0 Å². The minimum Gasteiger partial charge on any atom is -0.232 e. The number of aryl methyl sites for hydroxylation is 2. The molecule has 0 bridgehead atoms. The van der Waals surface area contributed by atoms with Crippen molar-refractivity contribution in [3.8, 4) is 0 Å². The summed E-state index contributed by atoms with van der Waals surface area (Å²) in [4.78, 5) is 4.31. The maximum absolute atomic E-state index is 4.31. The molecule has 0 fully saturated rings. The Morgan fingerprint density at radius 3 is 1.62 bits per heavy atom. The number of hydrogen-bond acceptors (Lipinski definition) is 2. The van der Waals surface area contributed by atoms with Gasteiger partial charge in [0.2, 0.25) is 0 Å². The van der Waals surface area contributed by atoms with Crippen LogP contribution in [-0.2, 0) is 0 Å². The Bertz CT molecular complexity index is 392. The van der Waals surface area contributed by atoms with Gasteiger partial charge in [0.15, 0.2) is 5.65 Å². The van der Waals surface area contributed by atoms with Crippen molar-refractivity contribution in [1.82, 2.24) is 14.6 Å². The van der Waals surface area contributed by atoms with Crippen molar-refractivity contribution in [3.05, 3.63) is 29.7 Å². The third-order valence-electron chi connectivity index (χ3n) is 1.85. The molecule has 21 heavy (non-hydrogen) atoms. The molecule has 0 aliphatic rings. The van der Waals surface area contributed by atoms with Crippen LogP contribution < -0.4 is 0 Å². The van der Waals surface area contributed by atoms with Crippen molar-refractivity contribution in [2.75, 3.05) is 0 Å². The van der Waals surface area contributed by atoms with Gasteiger partial charge in [-0.2, -0.15) is 5.10 Å². The lowest BCUT2D eigenvalue weighted by Crippen LogP contribution is -1.91. The van der Waals surface area contributed by atoms with Crippen molar-refractivity contribution in [3.63, 3.8) is 0 Å². The lowest BCUT2D eigenvalue weighted by molar-refractivity contribution is 0.895. The van der Waals surface area contributed by atoms with E-state index in [1.54, 1.807) is 6.20 Å². The monoisotopic (exact) mass is 299 g/mol. The summed E-state index contributed by atoms with van der Waals surface area (Å²) in [5, 5.41) is 4.16. The Balaban J connectivity index is -0.0000000752. The van der Waals surface area contributed by atoms with Crippen molar-refractivity contribution in [1.29, 1.82) is 0 Å². The Labute approximate surface area is 134 Å². The predicted molar refractivity (Wildman–Crippen MR) is 101 cm³/mol. The van der Waals surface area contributed by atoms with Crippen molar-refractivity contribution in [2.45, 2.75) is 84.1 Å². The second kappa shape index (κ2) is 23.7. The molecule has 0 saturated heterocycles. The van der Waals surface area contributed by atoms with Gasteiger partial charge in [0.1, 0.15) is 0 Å². The molecule has 3 heteroatoms. The van der Waals surface area contributed by atoms with Crippen molar-refractivity contribution in [2.24, 2.45) is 0 Å². The van der Waals surface area contributed by atoms with E-state index >= 15 is 0 Å². The summed E-state index contributed by atoms with van der Waals surface area (Å²) >= 11 is 0. The van der Waals surface area contributed by atoms with Gasteiger partial charge in [0.25, 0.3) is 0 Å². The maximum atomic E-state index is 4.31. The fraction of sp³-hybridized carbons (Fsp3) is 0.667. The first kappa shape index (κ1) is 31.8. The molecular weight excluding hydrogens is 258 g/mol. The number of fused-ring (bicyclic) bond motifs is 1. The van der Waals surface area contributed by atoms with Crippen LogP contribution in [-0.4, -0.2) is 14.6 Å². The Hall–Kier alpha value is -1.38. The summed E-state index contributed by atoms with van der Waals surface area (Å²) in [5.41, 5.74) is 3.08. The highest BCUT2D eigenvalue weighted by Crippen LogP contribution is 2.07. The Morgan fingerprint density at radius 2 is 1.24 bits per heavy atom. The van der Waals surface area contributed by atoms with Crippen LogP contribution in [0.2, 0.25) is 0 Å². The molecule has 0 atom stereocenters. The first-order chi connectivity index (χ1) is 9.29. The number of nitrogens with zero attached hydrogens (tertiary/aromatic N) is 3. The second-order valence-corrected chi connectivity index (χ2v) is 2.58. The van der Waals surface area contributed by atoms with Gasteiger partial charge in [-0.05, 0) is 26.0 Å². The summed E-state index contributed by atoms with van der Waals surface area (Å²) in [6.45, 7) is 20.0. The van der Waals surface area contributed by atoms with E-state index in [9.17, 15) is 0 Å². The molecule has 2 rings (SSSR count). The zero-order valence-corrected chi connectivity index (χ0v) is 14.6. The first-order valence-corrected chi connectivity index (χ1v) is 7.56. The van der Waals surface area contributed by atoms with E-state index in [4.69, 9.17) is 0 Å². The van der Waals surface area contributed by atoms with E-state index in [0.717, 1.165) is 17.0 Å². The third kappa shape index (κ3) is 11.0. The van der Waals surface area contributed by atoms with Crippen LogP contribution in [0.15, 0.2) is 18.3 Å². The van der Waals surface area contributed by atoms with Crippen LogP contribution in [0, 0.1) is 13.8 Å². The predicted octanol–water partition coefficient (Wildman–Crippen LogP) is 6.72. The third-order valence-corrected chi connectivity index (χ3v) is 1.85.